The maximum atomic E-state index is 5.66. The summed E-state index contributed by atoms with van der Waals surface area (Å²) >= 11 is 0. The third kappa shape index (κ3) is 2.02. The number of hydrogen-bond acceptors (Lipinski definition) is 4. The molecule has 5 nitrogen and oxygen atoms in total. The third-order valence-corrected chi connectivity index (χ3v) is 3.27. The predicted octanol–water partition coefficient (Wildman–Crippen LogP) is 2.17. The number of methoxy groups -OCH3 is 1. The minimum absolute atomic E-state index is 0.409. The van der Waals surface area contributed by atoms with E-state index in [4.69, 9.17) is 10.5 Å². The van der Waals surface area contributed by atoms with Gasteiger partial charge in [-0.1, -0.05) is 11.6 Å². The lowest BCUT2D eigenvalue weighted by Gasteiger charge is -2.10. The number of hydrogen-bond donors (Lipinski definition) is 1. The molecule has 102 valence electrons. The van der Waals surface area contributed by atoms with Gasteiger partial charge in [0.05, 0.1) is 12.8 Å². The van der Waals surface area contributed by atoms with Crippen molar-refractivity contribution < 1.29 is 4.74 Å². The zero-order chi connectivity index (χ0) is 14.1. The number of rotatable bonds is 3. The summed E-state index contributed by atoms with van der Waals surface area (Å²) in [5.41, 5.74) is 10.4. The first kappa shape index (κ1) is 12.6. The normalized spacial score (nSPS) is 10.9. The van der Waals surface area contributed by atoms with Gasteiger partial charge in [-0.3, -0.25) is 4.40 Å². The Bertz CT molecular complexity index is 764. The molecule has 0 bridgehead atoms. The molecule has 3 rings (SSSR count). The van der Waals surface area contributed by atoms with Crippen molar-refractivity contribution in [3.8, 4) is 16.9 Å². The Morgan fingerprint density at radius 2 is 2.15 bits per heavy atom. The van der Waals surface area contributed by atoms with Crippen molar-refractivity contribution in [2.24, 2.45) is 5.73 Å². The number of aromatic nitrogens is 3. The van der Waals surface area contributed by atoms with Gasteiger partial charge in [-0.05, 0) is 19.1 Å². The lowest BCUT2D eigenvalue weighted by molar-refractivity contribution is 0.416. The maximum absolute atomic E-state index is 5.66. The highest BCUT2D eigenvalue weighted by Gasteiger charge is 2.12. The summed E-state index contributed by atoms with van der Waals surface area (Å²) < 4.78 is 7.34. The molecule has 0 unspecified atom stereocenters. The number of nitrogens with zero attached hydrogens (tertiary/aromatic N) is 3. The Morgan fingerprint density at radius 3 is 2.90 bits per heavy atom. The van der Waals surface area contributed by atoms with Crippen LogP contribution in [0.5, 0.6) is 5.75 Å². The van der Waals surface area contributed by atoms with Crippen LogP contribution in [-0.4, -0.2) is 21.5 Å². The molecule has 3 aromatic rings. The molecular weight excluding hydrogens is 252 g/mol. The van der Waals surface area contributed by atoms with Gasteiger partial charge in [0.15, 0.2) is 0 Å². The Balaban J connectivity index is 2.28. The fourth-order valence-corrected chi connectivity index (χ4v) is 2.29. The molecule has 1 aromatic carbocycles. The highest BCUT2D eigenvalue weighted by atomic mass is 16.5. The monoisotopic (exact) mass is 268 g/mol. The van der Waals surface area contributed by atoms with Crippen molar-refractivity contribution in [1.29, 1.82) is 0 Å². The van der Waals surface area contributed by atoms with E-state index in [9.17, 15) is 0 Å². The molecule has 20 heavy (non-hydrogen) atoms. The van der Waals surface area contributed by atoms with Crippen molar-refractivity contribution in [3.63, 3.8) is 0 Å². The number of benzene rings is 1. The second kappa shape index (κ2) is 4.94. The van der Waals surface area contributed by atoms with Crippen LogP contribution in [0.15, 0.2) is 36.9 Å². The first-order valence-electron chi connectivity index (χ1n) is 6.39. The van der Waals surface area contributed by atoms with Crippen LogP contribution in [0.4, 0.5) is 0 Å². The van der Waals surface area contributed by atoms with E-state index in [-0.39, 0.29) is 0 Å². The van der Waals surface area contributed by atoms with E-state index in [1.807, 2.05) is 29.7 Å². The summed E-state index contributed by atoms with van der Waals surface area (Å²) in [6.45, 7) is 2.46. The van der Waals surface area contributed by atoms with E-state index in [2.05, 4.69) is 16.0 Å². The maximum Gasteiger partial charge on any atom is 0.147 e. The molecular formula is C15H16N4O. The third-order valence-electron chi connectivity index (χ3n) is 3.27. The Hall–Kier alpha value is -2.40. The Labute approximate surface area is 117 Å². The van der Waals surface area contributed by atoms with Crippen LogP contribution < -0.4 is 10.5 Å². The van der Waals surface area contributed by atoms with E-state index < -0.39 is 0 Å². The van der Waals surface area contributed by atoms with Crippen LogP contribution in [0.25, 0.3) is 16.8 Å². The molecule has 2 N–H and O–H groups in total. The molecule has 0 fully saturated rings. The molecule has 0 radical (unpaired) electrons. The van der Waals surface area contributed by atoms with Crippen molar-refractivity contribution in [3.05, 3.63) is 48.2 Å². The van der Waals surface area contributed by atoms with Crippen molar-refractivity contribution in [1.82, 2.24) is 14.4 Å². The highest BCUT2D eigenvalue weighted by molar-refractivity contribution is 5.81. The number of imidazole rings is 1. The summed E-state index contributed by atoms with van der Waals surface area (Å²) in [7, 11) is 1.67. The van der Waals surface area contributed by atoms with E-state index >= 15 is 0 Å². The number of nitrogens with two attached hydrogens (primary N) is 1. The molecule has 0 saturated heterocycles. The zero-order valence-corrected chi connectivity index (χ0v) is 11.5. The van der Waals surface area contributed by atoms with Gasteiger partial charge in [-0.25, -0.2) is 9.97 Å². The lowest BCUT2D eigenvalue weighted by atomic mass is 10.0. The zero-order valence-electron chi connectivity index (χ0n) is 11.5. The first-order chi connectivity index (χ1) is 9.72. The molecule has 0 aliphatic rings. The molecule has 2 aromatic heterocycles. The fraction of sp³-hybridized carbons (Fsp3) is 0.200. The number of fused-ring (bicyclic) bond motifs is 1. The van der Waals surface area contributed by atoms with Gasteiger partial charge in [0.2, 0.25) is 0 Å². The number of ether oxygens (including phenoxy) is 1. The fourth-order valence-electron chi connectivity index (χ4n) is 2.29. The largest absolute Gasteiger partial charge is 0.496 e. The van der Waals surface area contributed by atoms with Crippen LogP contribution >= 0.6 is 0 Å². The lowest BCUT2D eigenvalue weighted by Crippen LogP contribution is -1.95. The summed E-state index contributed by atoms with van der Waals surface area (Å²) in [6, 6.07) is 6.06. The van der Waals surface area contributed by atoms with Crippen molar-refractivity contribution in [2.75, 3.05) is 7.11 Å². The Morgan fingerprint density at radius 1 is 1.30 bits per heavy atom. The smallest absolute Gasteiger partial charge is 0.147 e. The molecule has 2 heterocycles. The van der Waals surface area contributed by atoms with E-state index in [0.29, 0.717) is 6.54 Å². The molecule has 5 heteroatoms. The van der Waals surface area contributed by atoms with Gasteiger partial charge in [-0.2, -0.15) is 0 Å². The summed E-state index contributed by atoms with van der Waals surface area (Å²) in [5, 5.41) is 0. The van der Waals surface area contributed by atoms with Gasteiger partial charge < -0.3 is 10.5 Å². The van der Waals surface area contributed by atoms with Crippen LogP contribution in [0.3, 0.4) is 0 Å². The quantitative estimate of drug-likeness (QED) is 0.790. The van der Waals surface area contributed by atoms with Crippen molar-refractivity contribution >= 4 is 5.65 Å². The highest BCUT2D eigenvalue weighted by Crippen LogP contribution is 2.32. The van der Waals surface area contributed by atoms with Crippen LogP contribution in [0.2, 0.25) is 0 Å². The Kier molecular flexibility index (Phi) is 3.12. The average molecular weight is 268 g/mol. The van der Waals surface area contributed by atoms with Crippen LogP contribution in [0, 0.1) is 6.92 Å². The number of aryl methyl sites for hydroxylation is 1. The SMILES string of the molecule is COc1ccc(C)cc1-c1cncn2cc(CN)nc12. The predicted molar refractivity (Wildman–Crippen MR) is 77.6 cm³/mol. The van der Waals surface area contributed by atoms with Gasteiger partial charge in [0.1, 0.15) is 17.7 Å². The van der Waals surface area contributed by atoms with Gasteiger partial charge in [0.25, 0.3) is 0 Å². The minimum atomic E-state index is 0.409. The van der Waals surface area contributed by atoms with Gasteiger partial charge in [0, 0.05) is 30.1 Å². The second-order valence-electron chi connectivity index (χ2n) is 4.68. The first-order valence-corrected chi connectivity index (χ1v) is 6.39. The molecule has 0 atom stereocenters. The van der Waals surface area contributed by atoms with Crippen LogP contribution in [0.1, 0.15) is 11.3 Å². The molecule has 0 aliphatic heterocycles. The molecule has 0 spiro atoms. The minimum Gasteiger partial charge on any atom is -0.496 e. The summed E-state index contributed by atoms with van der Waals surface area (Å²) in [5.74, 6) is 0.808. The van der Waals surface area contributed by atoms with E-state index in [1.165, 1.54) is 0 Å². The molecule has 0 saturated carbocycles. The standard InChI is InChI=1S/C15H16N4O/c1-10-3-4-14(20-2)12(5-10)13-7-17-9-19-8-11(6-16)18-15(13)19/h3-5,7-9H,6,16H2,1-2H3. The molecule has 0 aliphatic carbocycles. The summed E-state index contributed by atoms with van der Waals surface area (Å²) in [4.78, 5) is 8.82. The van der Waals surface area contributed by atoms with E-state index in [0.717, 1.165) is 33.8 Å². The topological polar surface area (TPSA) is 65.4 Å². The van der Waals surface area contributed by atoms with E-state index in [1.54, 1.807) is 19.6 Å². The van der Waals surface area contributed by atoms with Crippen molar-refractivity contribution in [2.45, 2.75) is 13.5 Å². The summed E-state index contributed by atoms with van der Waals surface area (Å²) in [6.07, 6.45) is 5.43. The molecule has 0 amide bonds. The second-order valence-corrected chi connectivity index (χ2v) is 4.68. The van der Waals surface area contributed by atoms with Gasteiger partial charge in [-0.15, -0.1) is 0 Å². The van der Waals surface area contributed by atoms with Crippen LogP contribution in [-0.2, 0) is 6.54 Å². The average Bonchev–Trinajstić information content (AvgIpc) is 2.90. The van der Waals surface area contributed by atoms with Gasteiger partial charge >= 0.3 is 0 Å².